The Labute approximate surface area is 157 Å². The molecule has 2 aliphatic rings. The van der Waals surface area contributed by atoms with Crippen LogP contribution in [0.3, 0.4) is 0 Å². The van der Waals surface area contributed by atoms with Gasteiger partial charge in [-0.1, -0.05) is 43.0 Å². The lowest BCUT2D eigenvalue weighted by Gasteiger charge is -2.19. The van der Waals surface area contributed by atoms with Crippen LogP contribution in [0.15, 0.2) is 96.4 Å². The highest BCUT2D eigenvalue weighted by atomic mass is 32.1. The molecule has 1 N–H and O–H groups in total. The van der Waals surface area contributed by atoms with Crippen LogP contribution in [0.25, 0.3) is 25.7 Å². The molecule has 0 spiro atoms. The lowest BCUT2D eigenvalue weighted by molar-refractivity contribution is 0.942. The zero-order valence-corrected chi connectivity index (χ0v) is 15.3. The summed E-state index contributed by atoms with van der Waals surface area (Å²) in [4.78, 5) is 0. The maximum absolute atomic E-state index is 4.32. The van der Waals surface area contributed by atoms with Gasteiger partial charge in [-0.05, 0) is 59.9 Å². The molecule has 2 heterocycles. The van der Waals surface area contributed by atoms with Crippen LogP contribution < -0.4 is 5.32 Å². The van der Waals surface area contributed by atoms with Crippen molar-refractivity contribution in [3.05, 3.63) is 102 Å². The van der Waals surface area contributed by atoms with E-state index in [-0.39, 0.29) is 0 Å². The van der Waals surface area contributed by atoms with Crippen molar-refractivity contribution < 1.29 is 0 Å². The van der Waals surface area contributed by atoms with Crippen LogP contribution in [0.5, 0.6) is 0 Å². The van der Waals surface area contributed by atoms with Crippen molar-refractivity contribution in [3.8, 4) is 0 Å². The van der Waals surface area contributed by atoms with Gasteiger partial charge in [0.2, 0.25) is 0 Å². The van der Waals surface area contributed by atoms with Crippen LogP contribution in [0.4, 0.5) is 0 Å². The van der Waals surface area contributed by atoms with Crippen LogP contribution in [0, 0.1) is 0 Å². The molecule has 0 unspecified atom stereocenters. The lowest BCUT2D eigenvalue weighted by Crippen LogP contribution is -2.12. The summed E-state index contributed by atoms with van der Waals surface area (Å²) in [5.41, 5.74) is 5.87. The average molecular weight is 353 g/mol. The number of fused-ring (bicyclic) bond motifs is 4. The normalized spacial score (nSPS) is 20.3. The highest BCUT2D eigenvalue weighted by molar-refractivity contribution is 7.25. The molecule has 1 aliphatic carbocycles. The summed E-state index contributed by atoms with van der Waals surface area (Å²) in [6.45, 7) is 4.32. The van der Waals surface area contributed by atoms with Crippen LogP contribution >= 0.6 is 11.3 Å². The zero-order chi connectivity index (χ0) is 17.5. The average Bonchev–Trinajstić information content (AvgIpc) is 3.04. The SMILES string of the molecule is C=C1/C=C(c2ccc3sc4ccccc4c3c2)\C=C/NC2=CCCC=C12. The Bertz CT molecular complexity index is 1170. The fourth-order valence-electron chi connectivity index (χ4n) is 3.74. The van der Waals surface area contributed by atoms with Gasteiger partial charge < -0.3 is 5.32 Å². The van der Waals surface area contributed by atoms with Gasteiger partial charge in [0, 0.05) is 37.6 Å². The van der Waals surface area contributed by atoms with Crippen molar-refractivity contribution in [3.63, 3.8) is 0 Å². The van der Waals surface area contributed by atoms with Crippen molar-refractivity contribution in [1.29, 1.82) is 0 Å². The van der Waals surface area contributed by atoms with E-state index < -0.39 is 0 Å². The Morgan fingerprint density at radius 1 is 0.923 bits per heavy atom. The minimum Gasteiger partial charge on any atom is -0.361 e. The monoisotopic (exact) mass is 353 g/mol. The van der Waals surface area contributed by atoms with Gasteiger partial charge in [0.05, 0.1) is 0 Å². The van der Waals surface area contributed by atoms with Gasteiger partial charge in [0.1, 0.15) is 0 Å². The van der Waals surface area contributed by atoms with Crippen molar-refractivity contribution in [1.82, 2.24) is 5.32 Å². The van der Waals surface area contributed by atoms with E-state index in [0.29, 0.717) is 0 Å². The molecule has 0 fully saturated rings. The minimum atomic E-state index is 1.07. The predicted octanol–water partition coefficient (Wildman–Crippen LogP) is 6.72. The van der Waals surface area contributed by atoms with E-state index >= 15 is 0 Å². The summed E-state index contributed by atoms with van der Waals surface area (Å²) >= 11 is 1.86. The van der Waals surface area contributed by atoms with E-state index in [1.54, 1.807) is 0 Å². The fourth-order valence-corrected chi connectivity index (χ4v) is 4.82. The van der Waals surface area contributed by atoms with E-state index in [4.69, 9.17) is 0 Å². The number of rotatable bonds is 1. The number of allylic oxidation sites excluding steroid dienone is 6. The van der Waals surface area contributed by atoms with E-state index in [1.807, 2.05) is 17.5 Å². The smallest absolute Gasteiger partial charge is 0.0415 e. The van der Waals surface area contributed by atoms with Crippen molar-refractivity contribution >= 4 is 37.1 Å². The molecule has 0 saturated carbocycles. The highest BCUT2D eigenvalue weighted by Crippen LogP contribution is 2.36. The number of thiophene rings is 1. The van der Waals surface area contributed by atoms with Gasteiger partial charge in [0.15, 0.2) is 0 Å². The zero-order valence-electron chi connectivity index (χ0n) is 14.5. The molecule has 3 aromatic rings. The van der Waals surface area contributed by atoms with Crippen LogP contribution in [-0.2, 0) is 0 Å². The first-order chi connectivity index (χ1) is 12.8. The van der Waals surface area contributed by atoms with Crippen LogP contribution in [0.2, 0.25) is 0 Å². The molecule has 0 atom stereocenters. The second kappa shape index (κ2) is 6.15. The second-order valence-corrected chi connectivity index (χ2v) is 7.81. The first-order valence-electron chi connectivity index (χ1n) is 8.96. The van der Waals surface area contributed by atoms with E-state index in [2.05, 4.69) is 78.7 Å². The molecule has 1 nitrogen and oxygen atoms in total. The molecule has 5 rings (SSSR count). The van der Waals surface area contributed by atoms with Crippen molar-refractivity contribution in [2.75, 3.05) is 0 Å². The molecule has 0 saturated heterocycles. The molecular formula is C24H19NS. The molecule has 26 heavy (non-hydrogen) atoms. The van der Waals surface area contributed by atoms with Crippen molar-refractivity contribution in [2.45, 2.75) is 12.8 Å². The van der Waals surface area contributed by atoms with E-state index in [1.165, 1.54) is 42.6 Å². The summed E-state index contributed by atoms with van der Waals surface area (Å²) in [6.07, 6.45) is 13.1. The Morgan fingerprint density at radius 3 is 2.73 bits per heavy atom. The van der Waals surface area contributed by atoms with Gasteiger partial charge in [-0.3, -0.25) is 0 Å². The number of nitrogens with one attached hydrogen (secondary N) is 1. The first kappa shape index (κ1) is 15.4. The predicted molar refractivity (Wildman–Crippen MR) is 114 cm³/mol. The number of hydrogen-bond donors (Lipinski definition) is 1. The molecule has 0 amide bonds. The van der Waals surface area contributed by atoms with Gasteiger partial charge >= 0.3 is 0 Å². The molecule has 126 valence electrons. The molecule has 2 heteroatoms. The summed E-state index contributed by atoms with van der Waals surface area (Å²) in [7, 11) is 0. The summed E-state index contributed by atoms with van der Waals surface area (Å²) in [5.74, 6) is 0. The molecule has 0 radical (unpaired) electrons. The van der Waals surface area contributed by atoms with Gasteiger partial charge in [-0.2, -0.15) is 0 Å². The third-order valence-corrected chi connectivity index (χ3v) is 6.19. The highest BCUT2D eigenvalue weighted by Gasteiger charge is 2.13. The van der Waals surface area contributed by atoms with Crippen LogP contribution in [0.1, 0.15) is 18.4 Å². The quantitative estimate of drug-likeness (QED) is 0.512. The second-order valence-electron chi connectivity index (χ2n) is 6.72. The number of hydrogen-bond acceptors (Lipinski definition) is 2. The maximum Gasteiger partial charge on any atom is 0.0415 e. The molecule has 2 aromatic carbocycles. The third kappa shape index (κ3) is 2.54. The van der Waals surface area contributed by atoms with Crippen molar-refractivity contribution in [2.24, 2.45) is 0 Å². The minimum absolute atomic E-state index is 1.07. The standard InChI is InChI=1S/C24H19NS/c1-16-14-18(12-13-25-22-8-4-2-6-19(16)22)17-10-11-24-21(15-17)20-7-3-5-9-23(20)26-24/h3,5-15,25H,1-2,4H2/b13-12-,18-14+. The molecule has 1 aliphatic heterocycles. The fraction of sp³-hybridized carbons (Fsp3) is 0.0833. The lowest BCUT2D eigenvalue weighted by atomic mass is 9.92. The number of benzene rings is 2. The third-order valence-electron chi connectivity index (χ3n) is 5.04. The Balaban J connectivity index is 1.63. The van der Waals surface area contributed by atoms with Gasteiger partial charge in [0.25, 0.3) is 0 Å². The van der Waals surface area contributed by atoms with Crippen LogP contribution in [-0.4, -0.2) is 0 Å². The summed E-state index contributed by atoms with van der Waals surface area (Å²) < 4.78 is 2.68. The summed E-state index contributed by atoms with van der Waals surface area (Å²) in [5, 5.41) is 6.09. The van der Waals surface area contributed by atoms with E-state index in [9.17, 15) is 0 Å². The molecular weight excluding hydrogens is 334 g/mol. The Kier molecular flexibility index (Phi) is 3.65. The van der Waals surface area contributed by atoms with Gasteiger partial charge in [-0.15, -0.1) is 11.3 Å². The molecule has 1 aromatic heterocycles. The van der Waals surface area contributed by atoms with E-state index in [0.717, 1.165) is 18.4 Å². The summed E-state index contributed by atoms with van der Waals surface area (Å²) in [6, 6.07) is 15.4. The molecule has 0 bridgehead atoms. The topological polar surface area (TPSA) is 12.0 Å². The van der Waals surface area contributed by atoms with Gasteiger partial charge in [-0.25, -0.2) is 0 Å². The Morgan fingerprint density at radius 2 is 1.77 bits per heavy atom. The Hall–Kier alpha value is -2.84. The maximum atomic E-state index is 4.32. The first-order valence-corrected chi connectivity index (χ1v) is 9.78. The largest absolute Gasteiger partial charge is 0.361 e.